The van der Waals surface area contributed by atoms with Gasteiger partial charge in [-0.25, -0.2) is 0 Å². The second-order valence-electron chi connectivity index (χ2n) is 6.98. The molecule has 21 heavy (non-hydrogen) atoms. The van der Waals surface area contributed by atoms with Crippen LogP contribution in [0.2, 0.25) is 0 Å². The SMILES string of the molecule is CCNC(Cc1c(C)cccc1C)C(OCC)C(C)(C)C. The first kappa shape index (κ1) is 18.2. The first-order chi connectivity index (χ1) is 9.81. The molecule has 0 aliphatic heterocycles. The van der Waals surface area contributed by atoms with Gasteiger partial charge >= 0.3 is 0 Å². The Kier molecular flexibility index (Phi) is 6.89. The Hall–Kier alpha value is -0.860. The lowest BCUT2D eigenvalue weighted by Gasteiger charge is -2.37. The van der Waals surface area contributed by atoms with Crippen LogP contribution in [0.1, 0.15) is 51.3 Å². The summed E-state index contributed by atoms with van der Waals surface area (Å²) in [6.07, 6.45) is 1.23. The van der Waals surface area contributed by atoms with Gasteiger partial charge in [0.05, 0.1) is 6.10 Å². The fourth-order valence-corrected chi connectivity index (χ4v) is 3.09. The maximum atomic E-state index is 6.11. The van der Waals surface area contributed by atoms with Crippen LogP contribution in [0.25, 0.3) is 0 Å². The van der Waals surface area contributed by atoms with Crippen LogP contribution in [-0.4, -0.2) is 25.3 Å². The highest BCUT2D eigenvalue weighted by molar-refractivity contribution is 5.34. The van der Waals surface area contributed by atoms with Gasteiger partial charge in [-0.15, -0.1) is 0 Å². The smallest absolute Gasteiger partial charge is 0.0779 e. The first-order valence-electron chi connectivity index (χ1n) is 8.21. The molecule has 0 aromatic heterocycles. The minimum atomic E-state index is 0.124. The van der Waals surface area contributed by atoms with Crippen molar-refractivity contribution in [2.75, 3.05) is 13.2 Å². The standard InChI is InChI=1S/C19H33NO/c1-8-20-17(18(21-9-2)19(5,6)7)13-16-14(3)11-10-12-15(16)4/h10-12,17-18,20H,8-9,13H2,1-7H3. The summed E-state index contributed by atoms with van der Waals surface area (Å²) in [5.74, 6) is 0. The Labute approximate surface area is 131 Å². The summed E-state index contributed by atoms with van der Waals surface area (Å²) in [6.45, 7) is 17.2. The van der Waals surface area contributed by atoms with Crippen LogP contribution in [0.3, 0.4) is 0 Å². The zero-order valence-corrected chi connectivity index (χ0v) is 14.9. The lowest BCUT2D eigenvalue weighted by Crippen LogP contribution is -2.49. The molecule has 1 aromatic carbocycles. The van der Waals surface area contributed by atoms with Crippen molar-refractivity contribution < 1.29 is 4.74 Å². The molecule has 1 rings (SSSR count). The van der Waals surface area contributed by atoms with Crippen LogP contribution in [0.5, 0.6) is 0 Å². The monoisotopic (exact) mass is 291 g/mol. The van der Waals surface area contributed by atoms with Gasteiger partial charge in [-0.3, -0.25) is 0 Å². The molecule has 1 aromatic rings. The molecular weight excluding hydrogens is 258 g/mol. The highest BCUT2D eigenvalue weighted by atomic mass is 16.5. The van der Waals surface area contributed by atoms with Crippen molar-refractivity contribution in [1.82, 2.24) is 5.32 Å². The zero-order valence-electron chi connectivity index (χ0n) is 14.9. The second kappa shape index (κ2) is 7.95. The molecule has 0 bridgehead atoms. The maximum Gasteiger partial charge on any atom is 0.0779 e. The van der Waals surface area contributed by atoms with Gasteiger partial charge < -0.3 is 10.1 Å². The minimum Gasteiger partial charge on any atom is -0.376 e. The average Bonchev–Trinajstić information content (AvgIpc) is 2.38. The summed E-state index contributed by atoms with van der Waals surface area (Å²) in [5, 5.41) is 3.65. The zero-order chi connectivity index (χ0) is 16.0. The molecular formula is C19H33NO. The van der Waals surface area contributed by atoms with E-state index in [2.05, 4.69) is 72.0 Å². The summed E-state index contributed by atoms with van der Waals surface area (Å²) in [6, 6.07) is 6.89. The Bertz CT molecular complexity index is 413. The van der Waals surface area contributed by atoms with E-state index >= 15 is 0 Å². The molecule has 2 heteroatoms. The number of likely N-dealkylation sites (N-methyl/N-ethyl adjacent to an activating group) is 1. The van der Waals surface area contributed by atoms with Crippen molar-refractivity contribution in [1.29, 1.82) is 0 Å². The van der Waals surface area contributed by atoms with Gasteiger partial charge in [0.1, 0.15) is 0 Å². The van der Waals surface area contributed by atoms with Crippen LogP contribution in [0.4, 0.5) is 0 Å². The molecule has 2 atom stereocenters. The summed E-state index contributed by atoms with van der Waals surface area (Å²) in [5.41, 5.74) is 4.33. The summed E-state index contributed by atoms with van der Waals surface area (Å²) in [7, 11) is 0. The number of aryl methyl sites for hydroxylation is 2. The van der Waals surface area contributed by atoms with Gasteiger partial charge in [0.25, 0.3) is 0 Å². The van der Waals surface area contributed by atoms with Crippen molar-refractivity contribution >= 4 is 0 Å². The lowest BCUT2D eigenvalue weighted by atomic mass is 9.81. The van der Waals surface area contributed by atoms with Gasteiger partial charge in [-0.05, 0) is 55.8 Å². The van der Waals surface area contributed by atoms with Crippen molar-refractivity contribution in [3.05, 3.63) is 34.9 Å². The molecule has 0 spiro atoms. The third-order valence-electron chi connectivity index (χ3n) is 4.10. The molecule has 120 valence electrons. The number of benzene rings is 1. The van der Waals surface area contributed by atoms with E-state index in [0.29, 0.717) is 6.04 Å². The minimum absolute atomic E-state index is 0.124. The van der Waals surface area contributed by atoms with Crippen molar-refractivity contribution in [3.8, 4) is 0 Å². The molecule has 0 aliphatic rings. The fourth-order valence-electron chi connectivity index (χ4n) is 3.09. The van der Waals surface area contributed by atoms with Gasteiger partial charge in [0.2, 0.25) is 0 Å². The average molecular weight is 291 g/mol. The highest BCUT2D eigenvalue weighted by Gasteiger charge is 2.33. The van der Waals surface area contributed by atoms with Crippen molar-refractivity contribution in [3.63, 3.8) is 0 Å². The molecule has 0 aliphatic carbocycles. The van der Waals surface area contributed by atoms with Gasteiger partial charge in [0.15, 0.2) is 0 Å². The van der Waals surface area contributed by atoms with Crippen LogP contribution in [0, 0.1) is 19.3 Å². The predicted molar refractivity (Wildman–Crippen MR) is 92.0 cm³/mol. The Balaban J connectivity index is 3.05. The van der Waals surface area contributed by atoms with E-state index in [1.165, 1.54) is 16.7 Å². The van der Waals surface area contributed by atoms with Gasteiger partial charge in [-0.1, -0.05) is 45.9 Å². The third kappa shape index (κ3) is 5.12. The van der Waals surface area contributed by atoms with E-state index in [4.69, 9.17) is 4.74 Å². The third-order valence-corrected chi connectivity index (χ3v) is 4.10. The van der Waals surface area contributed by atoms with Crippen LogP contribution < -0.4 is 5.32 Å². The van der Waals surface area contributed by atoms with E-state index in [0.717, 1.165) is 19.6 Å². The maximum absolute atomic E-state index is 6.11. The van der Waals surface area contributed by atoms with E-state index in [1.807, 2.05) is 0 Å². The Morgan fingerprint density at radius 2 is 1.67 bits per heavy atom. The van der Waals surface area contributed by atoms with Crippen LogP contribution in [-0.2, 0) is 11.2 Å². The lowest BCUT2D eigenvalue weighted by molar-refractivity contribution is -0.0352. The quantitative estimate of drug-likeness (QED) is 0.810. The topological polar surface area (TPSA) is 21.3 Å². The second-order valence-corrected chi connectivity index (χ2v) is 6.98. The molecule has 0 fully saturated rings. The number of rotatable bonds is 7. The van der Waals surface area contributed by atoms with E-state index < -0.39 is 0 Å². The predicted octanol–water partition coefficient (Wildman–Crippen LogP) is 4.28. The molecule has 0 radical (unpaired) electrons. The number of hydrogen-bond donors (Lipinski definition) is 1. The summed E-state index contributed by atoms with van der Waals surface area (Å²) >= 11 is 0. The van der Waals surface area contributed by atoms with Crippen molar-refractivity contribution in [2.24, 2.45) is 5.41 Å². The fraction of sp³-hybridized carbons (Fsp3) is 0.684. The van der Waals surface area contributed by atoms with E-state index in [9.17, 15) is 0 Å². The number of nitrogens with one attached hydrogen (secondary N) is 1. The van der Waals surface area contributed by atoms with Crippen LogP contribution in [0.15, 0.2) is 18.2 Å². The van der Waals surface area contributed by atoms with Gasteiger partial charge in [0, 0.05) is 12.6 Å². The molecule has 2 nitrogen and oxygen atoms in total. The Morgan fingerprint density at radius 3 is 2.10 bits per heavy atom. The van der Waals surface area contributed by atoms with E-state index in [1.54, 1.807) is 0 Å². The normalized spacial score (nSPS) is 15.0. The first-order valence-corrected chi connectivity index (χ1v) is 8.21. The molecule has 1 N–H and O–H groups in total. The number of ether oxygens (including phenoxy) is 1. The summed E-state index contributed by atoms with van der Waals surface area (Å²) < 4.78 is 6.11. The molecule has 0 amide bonds. The van der Waals surface area contributed by atoms with Gasteiger partial charge in [-0.2, -0.15) is 0 Å². The molecule has 0 heterocycles. The van der Waals surface area contributed by atoms with E-state index in [-0.39, 0.29) is 11.5 Å². The highest BCUT2D eigenvalue weighted by Crippen LogP contribution is 2.28. The molecule has 0 saturated carbocycles. The van der Waals surface area contributed by atoms with Crippen LogP contribution >= 0.6 is 0 Å². The van der Waals surface area contributed by atoms with Crippen molar-refractivity contribution in [2.45, 2.75) is 67.0 Å². The summed E-state index contributed by atoms with van der Waals surface area (Å²) in [4.78, 5) is 0. The Morgan fingerprint density at radius 1 is 1.10 bits per heavy atom. The number of hydrogen-bond acceptors (Lipinski definition) is 2. The largest absolute Gasteiger partial charge is 0.376 e. The molecule has 2 unspecified atom stereocenters. The molecule has 0 saturated heterocycles.